The Labute approximate surface area is 60.1 Å². The Bertz CT molecular complexity index is 150. The van der Waals surface area contributed by atoms with Gasteiger partial charge in [0.2, 0.25) is 0 Å². The van der Waals surface area contributed by atoms with Gasteiger partial charge in [-0.05, 0) is 6.42 Å². The number of aliphatic imine (C=N–C) groups is 1. The molecular formula is C7H11NO2. The van der Waals surface area contributed by atoms with Gasteiger partial charge in [0, 0.05) is 18.5 Å². The first kappa shape index (κ1) is 8.88. The lowest BCUT2D eigenvalue weighted by Crippen LogP contribution is -1.84. The van der Waals surface area contributed by atoms with Crippen LogP contribution in [-0.2, 0) is 4.79 Å². The van der Waals surface area contributed by atoms with E-state index in [4.69, 9.17) is 5.11 Å². The smallest absolute Gasteiger partial charge is 0.329 e. The van der Waals surface area contributed by atoms with Crippen molar-refractivity contribution in [1.82, 2.24) is 0 Å². The normalized spacial score (nSPS) is 11.3. The van der Waals surface area contributed by atoms with Crippen molar-refractivity contribution in [2.75, 3.05) is 0 Å². The first-order valence-corrected chi connectivity index (χ1v) is 3.18. The highest BCUT2D eigenvalue weighted by atomic mass is 16.4. The van der Waals surface area contributed by atoms with Gasteiger partial charge in [0.1, 0.15) is 0 Å². The van der Waals surface area contributed by atoms with Crippen LogP contribution >= 0.6 is 0 Å². The maximum absolute atomic E-state index is 9.87. The van der Waals surface area contributed by atoms with Crippen molar-refractivity contribution >= 4 is 12.2 Å². The maximum atomic E-state index is 9.87. The number of hydrogen-bond acceptors (Lipinski definition) is 2. The van der Waals surface area contributed by atoms with Crippen molar-refractivity contribution in [3.8, 4) is 0 Å². The molecule has 3 heteroatoms. The largest absolute Gasteiger partial charge is 0.478 e. The van der Waals surface area contributed by atoms with E-state index >= 15 is 0 Å². The number of unbranched alkanes of at least 4 members (excludes halogenated alkanes) is 1. The van der Waals surface area contributed by atoms with Crippen LogP contribution < -0.4 is 0 Å². The van der Waals surface area contributed by atoms with Gasteiger partial charge in [0.25, 0.3) is 0 Å². The molecule has 0 aromatic carbocycles. The molecule has 0 heterocycles. The summed E-state index contributed by atoms with van der Waals surface area (Å²) >= 11 is 0. The van der Waals surface area contributed by atoms with Crippen molar-refractivity contribution in [3.05, 3.63) is 12.3 Å². The summed E-state index contributed by atoms with van der Waals surface area (Å²) in [6.45, 7) is 2.03. The Kier molecular flexibility index (Phi) is 5.33. The zero-order chi connectivity index (χ0) is 7.82. The van der Waals surface area contributed by atoms with Crippen molar-refractivity contribution in [3.63, 3.8) is 0 Å². The van der Waals surface area contributed by atoms with Crippen LogP contribution in [0.5, 0.6) is 0 Å². The summed E-state index contributed by atoms with van der Waals surface area (Å²) in [5, 5.41) is 8.11. The fraction of sp³-hybridized carbons (Fsp3) is 0.429. The van der Waals surface area contributed by atoms with Crippen LogP contribution in [0.3, 0.4) is 0 Å². The van der Waals surface area contributed by atoms with Gasteiger partial charge in [-0.3, -0.25) is 4.99 Å². The van der Waals surface area contributed by atoms with Crippen molar-refractivity contribution < 1.29 is 9.90 Å². The molecule has 0 fully saturated rings. The fourth-order valence-corrected chi connectivity index (χ4v) is 0.371. The van der Waals surface area contributed by atoms with E-state index < -0.39 is 5.97 Å². The molecule has 10 heavy (non-hydrogen) atoms. The number of rotatable bonds is 4. The topological polar surface area (TPSA) is 49.7 Å². The Balaban J connectivity index is 3.42. The lowest BCUT2D eigenvalue weighted by atomic mass is 10.4. The van der Waals surface area contributed by atoms with E-state index in [-0.39, 0.29) is 0 Å². The molecule has 0 atom stereocenters. The second-order valence-corrected chi connectivity index (χ2v) is 1.77. The van der Waals surface area contributed by atoms with Crippen LogP contribution in [0.1, 0.15) is 19.8 Å². The Morgan fingerprint density at radius 3 is 2.90 bits per heavy atom. The van der Waals surface area contributed by atoms with Crippen LogP contribution in [0.15, 0.2) is 17.3 Å². The number of hydrogen-bond donors (Lipinski definition) is 1. The average Bonchev–Trinajstić information content (AvgIpc) is 1.87. The Morgan fingerprint density at radius 2 is 2.40 bits per heavy atom. The quantitative estimate of drug-likeness (QED) is 0.476. The third-order valence-corrected chi connectivity index (χ3v) is 0.826. The molecule has 0 radical (unpaired) electrons. The molecule has 0 aliphatic heterocycles. The van der Waals surface area contributed by atoms with Crippen LogP contribution in [0.25, 0.3) is 0 Å². The van der Waals surface area contributed by atoms with E-state index in [0.29, 0.717) is 0 Å². The second kappa shape index (κ2) is 6.01. The highest BCUT2D eigenvalue weighted by Crippen LogP contribution is 1.81. The Morgan fingerprint density at radius 1 is 1.70 bits per heavy atom. The minimum absolute atomic E-state index is 0.893. The van der Waals surface area contributed by atoms with E-state index in [1.165, 1.54) is 6.20 Å². The zero-order valence-electron chi connectivity index (χ0n) is 5.95. The van der Waals surface area contributed by atoms with Gasteiger partial charge in [-0.15, -0.1) is 0 Å². The van der Waals surface area contributed by atoms with Crippen molar-refractivity contribution in [1.29, 1.82) is 0 Å². The van der Waals surface area contributed by atoms with Crippen LogP contribution in [-0.4, -0.2) is 17.3 Å². The SMILES string of the molecule is CCCC=N/C=C\C(=O)O. The van der Waals surface area contributed by atoms with Gasteiger partial charge >= 0.3 is 5.97 Å². The minimum atomic E-state index is -0.964. The first-order chi connectivity index (χ1) is 4.77. The van der Waals surface area contributed by atoms with E-state index in [9.17, 15) is 4.79 Å². The summed E-state index contributed by atoms with van der Waals surface area (Å²) in [7, 11) is 0. The van der Waals surface area contributed by atoms with Gasteiger partial charge in [-0.1, -0.05) is 13.3 Å². The number of carbonyl (C=O) groups is 1. The third kappa shape index (κ3) is 6.88. The molecule has 0 spiro atoms. The molecule has 0 bridgehead atoms. The predicted molar refractivity (Wildman–Crippen MR) is 40.2 cm³/mol. The second-order valence-electron chi connectivity index (χ2n) is 1.77. The van der Waals surface area contributed by atoms with E-state index in [1.54, 1.807) is 6.21 Å². The van der Waals surface area contributed by atoms with Crippen LogP contribution in [0.2, 0.25) is 0 Å². The molecule has 0 unspecified atom stereocenters. The average molecular weight is 141 g/mol. The molecule has 3 nitrogen and oxygen atoms in total. The first-order valence-electron chi connectivity index (χ1n) is 3.18. The molecule has 0 amide bonds. The van der Waals surface area contributed by atoms with Crippen LogP contribution in [0.4, 0.5) is 0 Å². The summed E-state index contributed by atoms with van der Waals surface area (Å²) in [4.78, 5) is 13.6. The van der Waals surface area contributed by atoms with Gasteiger partial charge in [-0.25, -0.2) is 4.79 Å². The molecule has 0 aromatic rings. The molecule has 56 valence electrons. The lowest BCUT2D eigenvalue weighted by Gasteiger charge is -1.79. The van der Waals surface area contributed by atoms with E-state index in [0.717, 1.165) is 18.9 Å². The number of carboxylic acid groups (broad SMARTS) is 1. The summed E-state index contributed by atoms with van der Waals surface area (Å²) in [5.74, 6) is -0.964. The van der Waals surface area contributed by atoms with E-state index in [1.807, 2.05) is 6.92 Å². The summed E-state index contributed by atoms with van der Waals surface area (Å²) in [6.07, 6.45) is 5.90. The highest BCUT2D eigenvalue weighted by molar-refractivity contribution is 5.79. The molecule has 0 saturated carbocycles. The Hall–Kier alpha value is -1.12. The maximum Gasteiger partial charge on any atom is 0.329 e. The van der Waals surface area contributed by atoms with Crippen molar-refractivity contribution in [2.45, 2.75) is 19.8 Å². The predicted octanol–water partition coefficient (Wildman–Crippen LogP) is 1.46. The number of nitrogens with zero attached hydrogens (tertiary/aromatic N) is 1. The van der Waals surface area contributed by atoms with Gasteiger partial charge in [-0.2, -0.15) is 0 Å². The molecule has 0 rings (SSSR count). The molecule has 1 N–H and O–H groups in total. The lowest BCUT2D eigenvalue weighted by molar-refractivity contribution is -0.131. The molecule has 0 aromatic heterocycles. The molecule has 0 aliphatic carbocycles. The van der Waals surface area contributed by atoms with E-state index in [2.05, 4.69) is 4.99 Å². The van der Waals surface area contributed by atoms with Gasteiger partial charge < -0.3 is 5.11 Å². The fourth-order valence-electron chi connectivity index (χ4n) is 0.371. The van der Waals surface area contributed by atoms with Gasteiger partial charge in [0.15, 0.2) is 0 Å². The molecule has 0 saturated heterocycles. The molecular weight excluding hydrogens is 130 g/mol. The highest BCUT2D eigenvalue weighted by Gasteiger charge is 1.80. The number of carboxylic acids is 1. The third-order valence-electron chi connectivity index (χ3n) is 0.826. The molecule has 0 aliphatic rings. The monoisotopic (exact) mass is 141 g/mol. The van der Waals surface area contributed by atoms with Crippen LogP contribution in [0, 0.1) is 0 Å². The summed E-state index contributed by atoms with van der Waals surface area (Å²) < 4.78 is 0. The number of aliphatic carboxylic acids is 1. The van der Waals surface area contributed by atoms with Gasteiger partial charge in [0.05, 0.1) is 0 Å². The summed E-state index contributed by atoms with van der Waals surface area (Å²) in [6, 6.07) is 0. The minimum Gasteiger partial charge on any atom is -0.478 e. The standard InChI is InChI=1S/C7H11NO2/c1-2-3-5-8-6-4-7(9)10/h4-6H,2-3H2,1H3,(H,9,10)/b6-4-,8-5?. The summed E-state index contributed by atoms with van der Waals surface area (Å²) in [5.41, 5.74) is 0. The van der Waals surface area contributed by atoms with Crippen molar-refractivity contribution in [2.24, 2.45) is 4.99 Å². The zero-order valence-corrected chi connectivity index (χ0v) is 5.95.